The van der Waals surface area contributed by atoms with E-state index in [4.69, 9.17) is 9.47 Å². The van der Waals surface area contributed by atoms with Gasteiger partial charge in [-0.05, 0) is 17.7 Å². The number of hydrogen-bond donors (Lipinski definition) is 1. The zero-order valence-corrected chi connectivity index (χ0v) is 14.0. The van der Waals surface area contributed by atoms with E-state index in [1.165, 1.54) is 37.5 Å². The fraction of sp³-hybridized carbons (Fsp3) is 0.375. The first kappa shape index (κ1) is 18.6. The van der Waals surface area contributed by atoms with Crippen molar-refractivity contribution in [2.75, 3.05) is 28.3 Å². The van der Waals surface area contributed by atoms with Gasteiger partial charge in [-0.3, -0.25) is 9.59 Å². The Labute approximate surface area is 142 Å². The third-order valence-electron chi connectivity index (χ3n) is 3.61. The largest absolute Gasteiger partial charge is 0.493 e. The fourth-order valence-corrected chi connectivity index (χ4v) is 2.56. The Kier molecular flexibility index (Phi) is 4.96. The van der Waals surface area contributed by atoms with Crippen LogP contribution in [0.1, 0.15) is 22.0 Å². The van der Waals surface area contributed by atoms with Gasteiger partial charge in [0.05, 0.1) is 20.3 Å². The summed E-state index contributed by atoms with van der Waals surface area (Å²) < 4.78 is 48.2. The minimum Gasteiger partial charge on any atom is -0.493 e. The highest BCUT2D eigenvalue weighted by atomic mass is 19.4. The van der Waals surface area contributed by atoms with Crippen LogP contribution in [0.25, 0.3) is 0 Å². The van der Waals surface area contributed by atoms with E-state index < -0.39 is 23.9 Å². The molecule has 9 heteroatoms. The Morgan fingerprint density at radius 3 is 2.24 bits per heavy atom. The van der Waals surface area contributed by atoms with Crippen molar-refractivity contribution in [2.45, 2.75) is 12.2 Å². The first-order valence-electron chi connectivity index (χ1n) is 7.16. The summed E-state index contributed by atoms with van der Waals surface area (Å²) in [5.74, 6) is -2.11. The molecule has 0 saturated heterocycles. The number of rotatable bonds is 4. The van der Waals surface area contributed by atoms with Crippen molar-refractivity contribution < 1.29 is 32.2 Å². The van der Waals surface area contributed by atoms with Gasteiger partial charge in [-0.25, -0.2) is 0 Å². The zero-order chi connectivity index (χ0) is 18.9. The molecule has 1 aliphatic rings. The van der Waals surface area contributed by atoms with Crippen molar-refractivity contribution in [3.05, 3.63) is 35.0 Å². The van der Waals surface area contributed by atoms with E-state index in [0.717, 1.165) is 0 Å². The number of ketones is 1. The predicted molar refractivity (Wildman–Crippen MR) is 82.6 cm³/mol. The summed E-state index contributed by atoms with van der Waals surface area (Å²) in [6.45, 7) is 0. The van der Waals surface area contributed by atoms with Crippen molar-refractivity contribution in [3.8, 4) is 11.5 Å². The van der Waals surface area contributed by atoms with Crippen molar-refractivity contribution in [1.82, 2.24) is 10.2 Å². The summed E-state index contributed by atoms with van der Waals surface area (Å²) in [4.78, 5) is 25.5. The Balaban J connectivity index is 2.59. The molecule has 0 aromatic heterocycles. The van der Waals surface area contributed by atoms with E-state index in [1.54, 1.807) is 14.1 Å². The highest BCUT2D eigenvalue weighted by Gasteiger charge is 2.44. The number of nitrogens with one attached hydrogen (secondary N) is 1. The smallest absolute Gasteiger partial charge is 0.471 e. The summed E-state index contributed by atoms with van der Waals surface area (Å²) in [6.07, 6.45) is -3.69. The maximum Gasteiger partial charge on any atom is 0.471 e. The minimum atomic E-state index is -5.06. The number of amides is 1. The molecule has 25 heavy (non-hydrogen) atoms. The molecule has 0 bridgehead atoms. The highest BCUT2D eigenvalue weighted by molar-refractivity contribution is 6.15. The van der Waals surface area contributed by atoms with Crippen LogP contribution in [0.3, 0.4) is 0 Å². The van der Waals surface area contributed by atoms with Gasteiger partial charge in [0.25, 0.3) is 0 Å². The standard InChI is InChI=1S/C16H17F3N2O4/c1-21(2)7-10-13(20-15(23)16(17,18)19)8-5-11(24-3)12(25-4)6-9(8)14(10)22/h5-7,13H,1-4H3,(H,20,23)/b10-7-/t13-/m1/s1. The number of halogens is 3. The van der Waals surface area contributed by atoms with E-state index in [1.807, 2.05) is 5.32 Å². The van der Waals surface area contributed by atoms with Crippen molar-refractivity contribution in [2.24, 2.45) is 0 Å². The number of ether oxygens (including phenoxy) is 2. The Morgan fingerprint density at radius 2 is 1.76 bits per heavy atom. The summed E-state index contributed by atoms with van der Waals surface area (Å²) in [5, 5.41) is 1.87. The SMILES string of the molecule is COc1cc2c(cc1OC)[C@@H](NC(=O)C(F)(F)F)/C(=C/N(C)C)C2=O. The van der Waals surface area contributed by atoms with Crippen LogP contribution >= 0.6 is 0 Å². The van der Waals surface area contributed by atoms with E-state index >= 15 is 0 Å². The van der Waals surface area contributed by atoms with Crippen LogP contribution in [0.5, 0.6) is 11.5 Å². The van der Waals surface area contributed by atoms with Crippen LogP contribution in [0, 0.1) is 0 Å². The van der Waals surface area contributed by atoms with Gasteiger partial charge in [0, 0.05) is 31.4 Å². The molecule has 0 unspecified atom stereocenters. The van der Waals surface area contributed by atoms with Gasteiger partial charge < -0.3 is 19.7 Å². The Bertz CT molecular complexity index is 742. The molecule has 1 atom stereocenters. The van der Waals surface area contributed by atoms with Crippen molar-refractivity contribution in [1.29, 1.82) is 0 Å². The van der Waals surface area contributed by atoms with Gasteiger partial charge in [0.2, 0.25) is 0 Å². The second-order valence-electron chi connectivity index (χ2n) is 5.58. The molecule has 1 aromatic carbocycles. The number of benzene rings is 1. The molecule has 1 aromatic rings. The molecule has 0 spiro atoms. The molecule has 136 valence electrons. The van der Waals surface area contributed by atoms with Crippen LogP contribution in [-0.4, -0.2) is 51.1 Å². The van der Waals surface area contributed by atoms with E-state index in [0.29, 0.717) is 0 Å². The molecular weight excluding hydrogens is 341 g/mol. The molecular formula is C16H17F3N2O4. The van der Waals surface area contributed by atoms with Crippen molar-refractivity contribution in [3.63, 3.8) is 0 Å². The first-order valence-corrected chi connectivity index (χ1v) is 7.16. The average molecular weight is 358 g/mol. The molecule has 0 fully saturated rings. The number of nitrogens with zero attached hydrogens (tertiary/aromatic N) is 1. The number of fused-ring (bicyclic) bond motifs is 1. The third-order valence-corrected chi connectivity index (χ3v) is 3.61. The van der Waals surface area contributed by atoms with Gasteiger partial charge in [-0.2, -0.15) is 13.2 Å². The van der Waals surface area contributed by atoms with Crippen LogP contribution in [0.2, 0.25) is 0 Å². The fourth-order valence-electron chi connectivity index (χ4n) is 2.56. The summed E-state index contributed by atoms with van der Waals surface area (Å²) >= 11 is 0. The van der Waals surface area contributed by atoms with Gasteiger partial charge in [-0.1, -0.05) is 0 Å². The van der Waals surface area contributed by atoms with E-state index in [2.05, 4.69) is 0 Å². The number of carbonyl (C=O) groups excluding carboxylic acids is 2. The third kappa shape index (κ3) is 3.54. The Morgan fingerprint density at radius 1 is 1.20 bits per heavy atom. The zero-order valence-electron chi connectivity index (χ0n) is 14.0. The normalized spacial score (nSPS) is 18.1. The lowest BCUT2D eigenvalue weighted by atomic mass is 10.1. The monoisotopic (exact) mass is 358 g/mol. The van der Waals surface area contributed by atoms with Crippen molar-refractivity contribution >= 4 is 11.7 Å². The van der Waals surface area contributed by atoms with Crippen LogP contribution < -0.4 is 14.8 Å². The second kappa shape index (κ2) is 6.66. The number of Topliss-reactive ketones (excluding diaryl/α,β-unsaturated/α-hetero) is 1. The molecule has 1 N–H and O–H groups in total. The maximum atomic E-state index is 12.7. The first-order chi connectivity index (χ1) is 11.6. The number of alkyl halides is 3. The van der Waals surface area contributed by atoms with Crippen LogP contribution in [0.15, 0.2) is 23.9 Å². The van der Waals surface area contributed by atoms with Gasteiger partial charge in [0.15, 0.2) is 17.3 Å². The molecule has 0 radical (unpaired) electrons. The molecule has 6 nitrogen and oxygen atoms in total. The lowest BCUT2D eigenvalue weighted by Gasteiger charge is -2.18. The summed E-state index contributed by atoms with van der Waals surface area (Å²) in [6, 6.07) is 1.54. The minimum absolute atomic E-state index is 0.0212. The van der Waals surface area contributed by atoms with Crippen LogP contribution in [-0.2, 0) is 4.79 Å². The highest BCUT2D eigenvalue weighted by Crippen LogP contribution is 2.42. The number of carbonyl (C=O) groups is 2. The Hall–Kier alpha value is -2.71. The van der Waals surface area contributed by atoms with Gasteiger partial charge in [0.1, 0.15) is 0 Å². The lowest BCUT2D eigenvalue weighted by Crippen LogP contribution is -2.39. The maximum absolute atomic E-state index is 12.7. The number of methoxy groups -OCH3 is 2. The topological polar surface area (TPSA) is 67.9 Å². The average Bonchev–Trinajstić information content (AvgIpc) is 2.77. The molecule has 1 aliphatic carbocycles. The molecule has 0 heterocycles. The van der Waals surface area contributed by atoms with E-state index in [9.17, 15) is 22.8 Å². The van der Waals surface area contributed by atoms with Crippen LogP contribution in [0.4, 0.5) is 13.2 Å². The molecule has 1 amide bonds. The van der Waals surface area contributed by atoms with E-state index in [-0.39, 0.29) is 28.2 Å². The molecule has 0 saturated carbocycles. The molecule has 0 aliphatic heterocycles. The lowest BCUT2D eigenvalue weighted by molar-refractivity contribution is -0.174. The van der Waals surface area contributed by atoms with Gasteiger partial charge in [-0.15, -0.1) is 0 Å². The second-order valence-corrected chi connectivity index (χ2v) is 5.58. The number of hydrogen-bond acceptors (Lipinski definition) is 5. The predicted octanol–water partition coefficient (Wildman–Crippen LogP) is 2.07. The molecule has 2 rings (SSSR count). The van der Waals surface area contributed by atoms with Gasteiger partial charge >= 0.3 is 12.1 Å². The summed E-state index contributed by atoms with van der Waals surface area (Å²) in [5.41, 5.74) is 0.388. The quantitative estimate of drug-likeness (QED) is 0.835. The summed E-state index contributed by atoms with van der Waals surface area (Å²) in [7, 11) is 5.98.